The van der Waals surface area contributed by atoms with E-state index in [2.05, 4.69) is 26.3 Å². The van der Waals surface area contributed by atoms with Gasteiger partial charge in [-0.25, -0.2) is 19.4 Å². The van der Waals surface area contributed by atoms with Crippen molar-refractivity contribution >= 4 is 98.8 Å². The molecule has 2 aromatic heterocycles. The summed E-state index contributed by atoms with van der Waals surface area (Å²) in [6, 6.07) is 20.7. The Bertz CT molecular complexity index is 3860. The molecule has 538 valence electrons. The van der Waals surface area contributed by atoms with Gasteiger partial charge in [0.2, 0.25) is 23.6 Å². The van der Waals surface area contributed by atoms with Crippen LogP contribution in [0.5, 0.6) is 11.5 Å². The third kappa shape index (κ3) is 20.6. The largest absolute Gasteiger partial charge is 0.508 e. The van der Waals surface area contributed by atoms with E-state index in [4.69, 9.17) is 49.5 Å². The summed E-state index contributed by atoms with van der Waals surface area (Å²) in [6.07, 6.45) is 0.895. The predicted octanol–water partition coefficient (Wildman–Crippen LogP) is 8.13. The number of amides is 9. The third-order valence-electron chi connectivity index (χ3n) is 16.9. The van der Waals surface area contributed by atoms with E-state index in [9.17, 15) is 48.3 Å². The number of likely N-dealkylation sites (tertiary alicyclic amines) is 1. The minimum absolute atomic E-state index is 0.0118. The molecule has 2 aliphatic rings. The molecule has 0 bridgehead atoms. The number of imide groups is 1. The number of halogens is 1. The number of carbonyl (C=O) groups is 9. The van der Waals surface area contributed by atoms with Crippen LogP contribution in [0.25, 0.3) is 16.4 Å². The summed E-state index contributed by atoms with van der Waals surface area (Å²) in [5, 5.41) is 21.8. The standard InChI is InChI=1S/C71H89ClN10O18/c1-44(2)62(77-68(90)98-36-35-97-34-33-96-32-31-95-30-29-93-9)65(87)73-46(4)63(85)74-50-17-13-47(14-18-50)43-99-69(91)78(8)23-24-79(25-27-94-28-26-81-59(84)37-54(66(81)88)71(5,6)7)70(92)100-57-38-56-61(60-45(3)11-10-12-53(57)60)49(39-72)40-82(56)67(89)55-42-80-41-51(19-22-58(80)76-55)75-64(86)48-15-20-52(83)21-16-48/h10-22,38,41-42,44,46,49,54,62,83H,23-37,39-40,43H2,1-9H3,(H,73,87)(H,74,85)(H,75,86)(H,77,90)/t46-,49+,54?,62-/m0/s1. The van der Waals surface area contributed by atoms with Crippen molar-refractivity contribution in [3.63, 3.8) is 0 Å². The minimum atomic E-state index is -1.02. The van der Waals surface area contributed by atoms with Crippen molar-refractivity contribution in [1.82, 2.24) is 34.7 Å². The number of benzene rings is 4. The number of aromatic nitrogens is 2. The summed E-state index contributed by atoms with van der Waals surface area (Å²) in [7, 11) is 3.09. The molecule has 1 saturated heterocycles. The number of fused-ring (bicyclic) bond motifs is 4. The normalized spacial score (nSPS) is 15.0. The van der Waals surface area contributed by atoms with Crippen molar-refractivity contribution in [1.29, 1.82) is 0 Å². The van der Waals surface area contributed by atoms with E-state index in [-0.39, 0.29) is 126 Å². The fraction of sp³-hybridized carbons (Fsp3) is 0.465. The Morgan fingerprint density at radius 2 is 1.41 bits per heavy atom. The van der Waals surface area contributed by atoms with Gasteiger partial charge in [0.25, 0.3) is 11.8 Å². The lowest BCUT2D eigenvalue weighted by molar-refractivity contribution is -0.141. The van der Waals surface area contributed by atoms with Gasteiger partial charge in [-0.1, -0.05) is 65.0 Å². The maximum Gasteiger partial charge on any atom is 0.415 e. The average Bonchev–Trinajstić information content (AvgIpc) is 1.54. The first-order valence-electron chi connectivity index (χ1n) is 33.0. The van der Waals surface area contributed by atoms with Gasteiger partial charge in [-0.3, -0.25) is 33.7 Å². The molecule has 4 aromatic carbocycles. The van der Waals surface area contributed by atoms with Crippen LogP contribution in [-0.2, 0) is 58.9 Å². The second kappa shape index (κ2) is 36.1. The minimum Gasteiger partial charge on any atom is -0.508 e. The van der Waals surface area contributed by atoms with E-state index >= 15 is 0 Å². The molecule has 5 N–H and O–H groups in total. The number of aromatic hydroxyl groups is 1. The van der Waals surface area contributed by atoms with Crippen molar-refractivity contribution in [2.24, 2.45) is 17.3 Å². The lowest BCUT2D eigenvalue weighted by Gasteiger charge is -2.26. The highest BCUT2D eigenvalue weighted by Crippen LogP contribution is 2.47. The number of aryl methyl sites for hydroxylation is 1. The smallest absolute Gasteiger partial charge is 0.415 e. The van der Waals surface area contributed by atoms with Gasteiger partial charge in [0.15, 0.2) is 0 Å². The first kappa shape index (κ1) is 76.3. The molecular formula is C71H89ClN10O18. The van der Waals surface area contributed by atoms with Gasteiger partial charge >= 0.3 is 18.3 Å². The van der Waals surface area contributed by atoms with E-state index in [1.807, 2.05) is 45.9 Å². The van der Waals surface area contributed by atoms with Crippen LogP contribution in [0.4, 0.5) is 31.4 Å². The summed E-state index contributed by atoms with van der Waals surface area (Å²) in [6.45, 7) is 14.8. The van der Waals surface area contributed by atoms with Gasteiger partial charge in [0.05, 0.1) is 83.3 Å². The summed E-state index contributed by atoms with van der Waals surface area (Å²) in [5.41, 5.74) is 3.87. The van der Waals surface area contributed by atoms with Crippen LogP contribution in [0, 0.1) is 24.2 Å². The number of imidazole rings is 1. The predicted molar refractivity (Wildman–Crippen MR) is 371 cm³/mol. The topological polar surface area (TPSA) is 326 Å². The van der Waals surface area contributed by atoms with E-state index in [0.29, 0.717) is 72.3 Å². The van der Waals surface area contributed by atoms with Gasteiger partial charge in [-0.15, -0.1) is 11.6 Å². The van der Waals surface area contributed by atoms with Gasteiger partial charge in [0, 0.05) is 93.7 Å². The molecule has 1 unspecified atom stereocenters. The number of likely N-dealkylation sites (N-methyl/N-ethyl adjacent to an activating group) is 1. The number of rotatable bonds is 34. The number of anilines is 3. The van der Waals surface area contributed by atoms with Crippen molar-refractivity contribution in [2.75, 3.05) is 134 Å². The zero-order valence-electron chi connectivity index (χ0n) is 57.8. The Morgan fingerprint density at radius 3 is 2.07 bits per heavy atom. The molecule has 100 heavy (non-hydrogen) atoms. The number of nitrogens with zero attached hydrogens (tertiary/aromatic N) is 6. The first-order valence-corrected chi connectivity index (χ1v) is 33.5. The van der Waals surface area contributed by atoms with E-state index < -0.39 is 65.3 Å². The number of hydrogen-bond donors (Lipinski definition) is 5. The number of pyridine rings is 1. The van der Waals surface area contributed by atoms with E-state index in [1.165, 1.54) is 52.9 Å². The highest BCUT2D eigenvalue weighted by atomic mass is 35.5. The summed E-state index contributed by atoms with van der Waals surface area (Å²) in [5.74, 6) is -3.43. The molecule has 6 aromatic rings. The number of hydrogen-bond acceptors (Lipinski definition) is 19. The zero-order valence-corrected chi connectivity index (χ0v) is 58.6. The van der Waals surface area contributed by atoms with Crippen LogP contribution in [0.3, 0.4) is 0 Å². The molecule has 29 heteroatoms. The lowest BCUT2D eigenvalue weighted by Crippen LogP contribution is -2.53. The number of phenols is 1. The number of alkyl carbamates (subject to hydrolysis) is 1. The van der Waals surface area contributed by atoms with Crippen molar-refractivity contribution in [3.8, 4) is 11.5 Å². The second-order valence-corrected chi connectivity index (χ2v) is 25.9. The summed E-state index contributed by atoms with van der Waals surface area (Å²) in [4.78, 5) is 131. The molecule has 8 rings (SSSR count). The van der Waals surface area contributed by atoms with Crippen LogP contribution in [-0.4, -0.2) is 214 Å². The Morgan fingerprint density at radius 1 is 0.740 bits per heavy atom. The van der Waals surface area contributed by atoms with Crippen LogP contribution >= 0.6 is 11.6 Å². The van der Waals surface area contributed by atoms with Gasteiger partial charge in [-0.2, -0.15) is 0 Å². The molecule has 28 nitrogen and oxygen atoms in total. The molecule has 0 aliphatic carbocycles. The maximum absolute atomic E-state index is 14.7. The lowest BCUT2D eigenvalue weighted by atomic mass is 9.80. The number of ether oxygens (including phenoxy) is 8. The Balaban J connectivity index is 0.877. The van der Waals surface area contributed by atoms with Crippen LogP contribution in [0.15, 0.2) is 97.3 Å². The Labute approximate surface area is 585 Å². The van der Waals surface area contributed by atoms with Crippen LogP contribution in [0.1, 0.15) is 91.4 Å². The molecule has 9 amide bonds. The highest BCUT2D eigenvalue weighted by molar-refractivity contribution is 6.19. The highest BCUT2D eigenvalue weighted by Gasteiger charge is 2.44. The van der Waals surface area contributed by atoms with Crippen molar-refractivity contribution in [3.05, 3.63) is 125 Å². The van der Waals surface area contributed by atoms with Gasteiger partial charge in [0.1, 0.15) is 48.1 Å². The second-order valence-electron chi connectivity index (χ2n) is 25.6. The fourth-order valence-electron chi connectivity index (χ4n) is 11.2. The molecule has 2 aliphatic heterocycles. The molecule has 4 heterocycles. The molecule has 1 fully saturated rings. The molecular weight excluding hydrogens is 1320 g/mol. The number of phenolic OH excluding ortho intramolecular Hbond substituents is 1. The number of methoxy groups -OCH3 is 1. The molecule has 0 spiro atoms. The first-order chi connectivity index (χ1) is 47.8. The van der Waals surface area contributed by atoms with E-state index in [0.717, 1.165) is 16.5 Å². The zero-order chi connectivity index (χ0) is 72.2. The monoisotopic (exact) mass is 1400 g/mol. The third-order valence-corrected chi connectivity index (χ3v) is 17.2. The SMILES string of the molecule is COCCOCCOCCOCCOC(=O)N[C@H](C(=O)N[C@@H](C)C(=O)Nc1ccc(COC(=O)N(C)CCN(CCOCCN2C(=O)CC(C(C)(C)C)C2=O)C(=O)Oc2cc3c(c4c(C)cccc24)[C@H](CCl)CN3C(=O)c2cn3cc(NC(=O)c4ccc(O)cc4)ccc3n2)cc1)C(C)C. The van der Waals surface area contributed by atoms with Crippen LogP contribution < -0.4 is 30.9 Å². The van der Waals surface area contributed by atoms with Gasteiger partial charge in [-0.05, 0) is 95.8 Å². The van der Waals surface area contributed by atoms with Crippen molar-refractivity contribution < 1.29 is 86.2 Å². The summed E-state index contributed by atoms with van der Waals surface area (Å²) < 4.78 is 45.9. The van der Waals surface area contributed by atoms with Crippen LogP contribution in [0.2, 0.25) is 0 Å². The average molecular weight is 1410 g/mol. The number of nitrogens with one attached hydrogen (secondary N) is 4. The van der Waals surface area contributed by atoms with Gasteiger partial charge < -0.3 is 83.4 Å². The number of alkyl halides is 1. The molecule has 0 radical (unpaired) electrons. The quantitative estimate of drug-likeness (QED) is 0.0145. The fourth-order valence-corrected chi connectivity index (χ4v) is 11.4. The Kier molecular flexibility index (Phi) is 27.5. The van der Waals surface area contributed by atoms with Crippen molar-refractivity contribution in [2.45, 2.75) is 79.5 Å². The Hall–Kier alpha value is -9.45. The number of carbonyl (C=O) groups excluding carboxylic acids is 9. The summed E-state index contributed by atoms with van der Waals surface area (Å²) >= 11 is 6.70. The molecule has 4 atom stereocenters. The maximum atomic E-state index is 14.7. The van der Waals surface area contributed by atoms with E-state index in [1.54, 1.807) is 85.1 Å². The molecule has 0 saturated carbocycles.